The van der Waals surface area contributed by atoms with Crippen LogP contribution >= 0.6 is 0 Å². The van der Waals surface area contributed by atoms with E-state index >= 15 is 0 Å². The molecule has 0 radical (unpaired) electrons. The zero-order valence-corrected chi connectivity index (χ0v) is 6.26. The zero-order chi connectivity index (χ0) is 8.15. The first kappa shape index (κ1) is 9.14. The first-order valence-corrected chi connectivity index (χ1v) is 3.30. The van der Waals surface area contributed by atoms with Crippen molar-refractivity contribution < 1.29 is 14.7 Å². The van der Waals surface area contributed by atoms with E-state index in [1.54, 1.807) is 0 Å². The van der Waals surface area contributed by atoms with Crippen molar-refractivity contribution in [1.82, 2.24) is 0 Å². The Morgan fingerprint density at radius 1 is 1.50 bits per heavy atom. The SMILES string of the molecule is CC[C@H](CC(=O)O)C(C)=O. The van der Waals surface area contributed by atoms with Crippen LogP contribution in [0.4, 0.5) is 0 Å². The number of carbonyl (C=O) groups excluding carboxylic acids is 1. The van der Waals surface area contributed by atoms with Gasteiger partial charge < -0.3 is 5.11 Å². The Hall–Kier alpha value is -0.860. The zero-order valence-electron chi connectivity index (χ0n) is 6.26. The van der Waals surface area contributed by atoms with Crippen LogP contribution in [0.3, 0.4) is 0 Å². The third kappa shape index (κ3) is 3.22. The molecule has 0 aliphatic rings. The Bertz CT molecular complexity index is 140. The van der Waals surface area contributed by atoms with Gasteiger partial charge in [-0.1, -0.05) is 6.92 Å². The molecule has 0 bridgehead atoms. The van der Waals surface area contributed by atoms with Gasteiger partial charge in [0.2, 0.25) is 0 Å². The first-order chi connectivity index (χ1) is 4.57. The summed E-state index contributed by atoms with van der Waals surface area (Å²) >= 11 is 0. The van der Waals surface area contributed by atoms with Crippen LogP contribution in [0.2, 0.25) is 0 Å². The number of carbonyl (C=O) groups is 2. The Morgan fingerprint density at radius 3 is 2.10 bits per heavy atom. The summed E-state index contributed by atoms with van der Waals surface area (Å²) in [6.45, 7) is 3.24. The molecule has 0 rings (SSSR count). The minimum Gasteiger partial charge on any atom is -0.481 e. The molecule has 0 saturated heterocycles. The highest BCUT2D eigenvalue weighted by Gasteiger charge is 2.14. The van der Waals surface area contributed by atoms with Crippen molar-refractivity contribution in [2.45, 2.75) is 26.7 Å². The molecule has 1 atom stereocenters. The molecule has 1 N–H and O–H groups in total. The summed E-state index contributed by atoms with van der Waals surface area (Å²) < 4.78 is 0. The maximum atomic E-state index is 10.6. The van der Waals surface area contributed by atoms with Crippen LogP contribution in [0, 0.1) is 5.92 Å². The maximum absolute atomic E-state index is 10.6. The predicted molar refractivity (Wildman–Crippen MR) is 36.7 cm³/mol. The van der Waals surface area contributed by atoms with Crippen molar-refractivity contribution in [3.63, 3.8) is 0 Å². The molecule has 0 fully saturated rings. The van der Waals surface area contributed by atoms with E-state index in [0.29, 0.717) is 6.42 Å². The summed E-state index contributed by atoms with van der Waals surface area (Å²) in [5.74, 6) is -1.23. The molecule has 3 nitrogen and oxygen atoms in total. The lowest BCUT2D eigenvalue weighted by atomic mass is 9.99. The number of carboxylic acids is 1. The molecule has 0 spiro atoms. The number of hydrogen-bond donors (Lipinski definition) is 1. The molecular formula is C7H12O3. The number of carboxylic acid groups (broad SMARTS) is 1. The molecule has 0 aliphatic carbocycles. The van der Waals surface area contributed by atoms with Crippen molar-refractivity contribution in [2.75, 3.05) is 0 Å². The second kappa shape index (κ2) is 4.04. The highest BCUT2D eigenvalue weighted by molar-refractivity contribution is 5.82. The van der Waals surface area contributed by atoms with Crippen molar-refractivity contribution in [1.29, 1.82) is 0 Å². The van der Waals surface area contributed by atoms with Crippen LogP contribution in [0.1, 0.15) is 26.7 Å². The lowest BCUT2D eigenvalue weighted by Gasteiger charge is -2.05. The maximum Gasteiger partial charge on any atom is 0.304 e. The summed E-state index contributed by atoms with van der Waals surface area (Å²) in [7, 11) is 0. The fraction of sp³-hybridized carbons (Fsp3) is 0.714. The third-order valence-electron chi connectivity index (χ3n) is 1.49. The molecule has 0 heterocycles. The van der Waals surface area contributed by atoms with Gasteiger partial charge >= 0.3 is 5.97 Å². The Kier molecular flexibility index (Phi) is 3.69. The standard InChI is InChI=1S/C7H12O3/c1-3-6(5(2)8)4-7(9)10/h6H,3-4H2,1-2H3,(H,9,10)/t6-/m1/s1. The molecule has 0 aromatic carbocycles. The van der Waals surface area contributed by atoms with Crippen LogP contribution in [-0.4, -0.2) is 16.9 Å². The smallest absolute Gasteiger partial charge is 0.304 e. The average molecular weight is 144 g/mol. The minimum absolute atomic E-state index is 0.0359. The molecule has 0 saturated carbocycles. The average Bonchev–Trinajstić information content (AvgIpc) is 1.81. The monoisotopic (exact) mass is 144 g/mol. The summed E-state index contributed by atoms with van der Waals surface area (Å²) in [4.78, 5) is 20.8. The summed E-state index contributed by atoms with van der Waals surface area (Å²) in [6, 6.07) is 0. The van der Waals surface area contributed by atoms with Gasteiger partial charge in [0.1, 0.15) is 5.78 Å². The molecule has 0 aliphatic heterocycles. The molecule has 0 aromatic rings. The van der Waals surface area contributed by atoms with Gasteiger partial charge in [0, 0.05) is 5.92 Å². The van der Waals surface area contributed by atoms with Crippen molar-refractivity contribution in [3.8, 4) is 0 Å². The van der Waals surface area contributed by atoms with E-state index < -0.39 is 5.97 Å². The Morgan fingerprint density at radius 2 is 2.00 bits per heavy atom. The van der Waals surface area contributed by atoms with Gasteiger partial charge in [-0.25, -0.2) is 0 Å². The van der Waals surface area contributed by atoms with Gasteiger partial charge in [0.15, 0.2) is 0 Å². The number of hydrogen-bond acceptors (Lipinski definition) is 2. The normalized spacial score (nSPS) is 12.6. The van der Waals surface area contributed by atoms with E-state index in [-0.39, 0.29) is 18.1 Å². The van der Waals surface area contributed by atoms with Crippen LogP contribution in [0.25, 0.3) is 0 Å². The van der Waals surface area contributed by atoms with Crippen molar-refractivity contribution >= 4 is 11.8 Å². The fourth-order valence-corrected chi connectivity index (χ4v) is 0.786. The van der Waals surface area contributed by atoms with E-state index in [2.05, 4.69) is 0 Å². The third-order valence-corrected chi connectivity index (χ3v) is 1.49. The van der Waals surface area contributed by atoms with Gasteiger partial charge in [-0.3, -0.25) is 9.59 Å². The van der Waals surface area contributed by atoms with E-state index in [1.807, 2.05) is 6.92 Å². The molecule has 0 unspecified atom stereocenters. The first-order valence-electron chi connectivity index (χ1n) is 3.30. The lowest BCUT2D eigenvalue weighted by molar-refractivity contribution is -0.140. The van der Waals surface area contributed by atoms with Crippen LogP contribution in [0.5, 0.6) is 0 Å². The molecule has 10 heavy (non-hydrogen) atoms. The van der Waals surface area contributed by atoms with Crippen molar-refractivity contribution in [3.05, 3.63) is 0 Å². The molecule has 0 amide bonds. The molecule has 0 aromatic heterocycles. The number of Topliss-reactive ketones (excluding diaryl/α,β-unsaturated/α-hetero) is 1. The van der Waals surface area contributed by atoms with Gasteiger partial charge in [-0.2, -0.15) is 0 Å². The van der Waals surface area contributed by atoms with E-state index in [9.17, 15) is 9.59 Å². The molecular weight excluding hydrogens is 132 g/mol. The van der Waals surface area contributed by atoms with Gasteiger partial charge in [-0.15, -0.1) is 0 Å². The Labute approximate surface area is 60.0 Å². The quantitative estimate of drug-likeness (QED) is 0.642. The van der Waals surface area contributed by atoms with Gasteiger partial charge in [0.05, 0.1) is 6.42 Å². The summed E-state index contributed by atoms with van der Waals surface area (Å²) in [5.41, 5.74) is 0. The Balaban J connectivity index is 3.83. The fourth-order valence-electron chi connectivity index (χ4n) is 0.786. The second-order valence-corrected chi connectivity index (χ2v) is 2.31. The number of aliphatic carboxylic acids is 1. The van der Waals surface area contributed by atoms with E-state index in [0.717, 1.165) is 0 Å². The lowest BCUT2D eigenvalue weighted by Crippen LogP contribution is -2.14. The number of ketones is 1. The second-order valence-electron chi connectivity index (χ2n) is 2.31. The minimum atomic E-state index is -0.901. The highest BCUT2D eigenvalue weighted by Crippen LogP contribution is 2.08. The van der Waals surface area contributed by atoms with Gasteiger partial charge in [-0.05, 0) is 13.3 Å². The predicted octanol–water partition coefficient (Wildman–Crippen LogP) is 1.08. The van der Waals surface area contributed by atoms with E-state index in [4.69, 9.17) is 5.11 Å². The number of rotatable bonds is 4. The summed E-state index contributed by atoms with van der Waals surface area (Å²) in [6.07, 6.45) is 0.577. The van der Waals surface area contributed by atoms with Crippen LogP contribution in [-0.2, 0) is 9.59 Å². The highest BCUT2D eigenvalue weighted by atomic mass is 16.4. The van der Waals surface area contributed by atoms with Crippen LogP contribution < -0.4 is 0 Å². The largest absolute Gasteiger partial charge is 0.481 e. The van der Waals surface area contributed by atoms with Crippen LogP contribution in [0.15, 0.2) is 0 Å². The topological polar surface area (TPSA) is 54.4 Å². The van der Waals surface area contributed by atoms with Gasteiger partial charge in [0.25, 0.3) is 0 Å². The summed E-state index contributed by atoms with van der Waals surface area (Å²) in [5, 5.41) is 8.31. The molecule has 58 valence electrons. The molecule has 3 heteroatoms. The van der Waals surface area contributed by atoms with E-state index in [1.165, 1.54) is 6.92 Å². The van der Waals surface area contributed by atoms with Crippen molar-refractivity contribution in [2.24, 2.45) is 5.92 Å².